The number of thioether (sulfide) groups is 1. The molecule has 2 rings (SSSR count). The molecule has 0 unspecified atom stereocenters. The minimum atomic E-state index is -0.201. The third-order valence-corrected chi connectivity index (χ3v) is 4.17. The van der Waals surface area contributed by atoms with E-state index in [1.54, 1.807) is 12.1 Å². The first kappa shape index (κ1) is 13.4. The van der Waals surface area contributed by atoms with E-state index in [2.05, 4.69) is 0 Å². The molecular formula is C14H18FNOS. The molecule has 18 heavy (non-hydrogen) atoms. The first-order chi connectivity index (χ1) is 8.77. The maximum atomic E-state index is 13.4. The van der Waals surface area contributed by atoms with Gasteiger partial charge in [0.25, 0.3) is 0 Å². The van der Waals surface area contributed by atoms with Gasteiger partial charge in [0.05, 0.1) is 0 Å². The minimum absolute atomic E-state index is 0.201. The average Bonchev–Trinajstić information content (AvgIpc) is 2.42. The van der Waals surface area contributed by atoms with Crippen molar-refractivity contribution in [2.24, 2.45) is 0 Å². The molecule has 0 bridgehead atoms. The Kier molecular flexibility index (Phi) is 5.05. The zero-order chi connectivity index (χ0) is 12.8. The molecule has 1 amide bonds. The second-order valence-corrected chi connectivity index (χ2v) is 5.61. The van der Waals surface area contributed by atoms with Crippen LogP contribution in [0.4, 0.5) is 4.39 Å². The first-order valence-electron chi connectivity index (χ1n) is 6.42. The Morgan fingerprint density at radius 1 is 1.22 bits per heavy atom. The van der Waals surface area contributed by atoms with Crippen LogP contribution in [-0.2, 0) is 4.79 Å². The number of carbonyl (C=O) groups excluding carboxylic acids is 1. The van der Waals surface area contributed by atoms with E-state index in [9.17, 15) is 9.18 Å². The summed E-state index contributed by atoms with van der Waals surface area (Å²) >= 11 is 1.42. The normalized spacial score (nSPS) is 15.7. The van der Waals surface area contributed by atoms with E-state index in [-0.39, 0.29) is 11.7 Å². The highest BCUT2D eigenvalue weighted by molar-refractivity contribution is 7.99. The van der Waals surface area contributed by atoms with Crippen LogP contribution in [0, 0.1) is 5.82 Å². The van der Waals surface area contributed by atoms with E-state index in [1.807, 2.05) is 11.0 Å². The minimum Gasteiger partial charge on any atom is -0.343 e. The number of nitrogens with zero attached hydrogens (tertiary/aromatic N) is 1. The molecule has 0 atom stereocenters. The van der Waals surface area contributed by atoms with Gasteiger partial charge in [-0.3, -0.25) is 4.79 Å². The summed E-state index contributed by atoms with van der Waals surface area (Å²) in [6.45, 7) is 1.78. The highest BCUT2D eigenvalue weighted by atomic mass is 32.2. The van der Waals surface area contributed by atoms with Crippen LogP contribution in [0.15, 0.2) is 29.2 Å². The van der Waals surface area contributed by atoms with Gasteiger partial charge in [0.2, 0.25) is 5.91 Å². The zero-order valence-electron chi connectivity index (χ0n) is 10.4. The molecule has 1 aromatic rings. The van der Waals surface area contributed by atoms with E-state index in [0.29, 0.717) is 17.1 Å². The molecule has 0 spiro atoms. The van der Waals surface area contributed by atoms with Gasteiger partial charge in [0, 0.05) is 30.2 Å². The standard InChI is InChI=1S/C14H18FNOS/c15-12-6-2-3-7-13(12)18-11-8-14(17)16-9-4-1-5-10-16/h2-3,6-7H,1,4-5,8-11H2. The van der Waals surface area contributed by atoms with Crippen molar-refractivity contribution < 1.29 is 9.18 Å². The molecular weight excluding hydrogens is 249 g/mol. The molecule has 1 aliphatic heterocycles. The summed E-state index contributed by atoms with van der Waals surface area (Å²) in [7, 11) is 0. The quantitative estimate of drug-likeness (QED) is 0.780. The fourth-order valence-electron chi connectivity index (χ4n) is 2.11. The lowest BCUT2D eigenvalue weighted by molar-refractivity contribution is -0.131. The summed E-state index contributed by atoms with van der Waals surface area (Å²) in [5, 5.41) is 0. The van der Waals surface area contributed by atoms with Crippen molar-refractivity contribution in [3.05, 3.63) is 30.1 Å². The van der Waals surface area contributed by atoms with Crippen LogP contribution in [0.25, 0.3) is 0 Å². The number of likely N-dealkylation sites (tertiary alicyclic amines) is 1. The van der Waals surface area contributed by atoms with E-state index in [1.165, 1.54) is 24.2 Å². The van der Waals surface area contributed by atoms with Crippen LogP contribution < -0.4 is 0 Å². The number of piperidine rings is 1. The third-order valence-electron chi connectivity index (χ3n) is 3.12. The fourth-order valence-corrected chi connectivity index (χ4v) is 2.99. The maximum absolute atomic E-state index is 13.4. The second kappa shape index (κ2) is 6.78. The van der Waals surface area contributed by atoms with E-state index in [4.69, 9.17) is 0 Å². The molecule has 0 aliphatic carbocycles. The van der Waals surface area contributed by atoms with E-state index in [0.717, 1.165) is 25.9 Å². The number of rotatable bonds is 4. The Bertz CT molecular complexity index is 405. The van der Waals surface area contributed by atoms with Crippen LogP contribution in [-0.4, -0.2) is 29.6 Å². The molecule has 2 nitrogen and oxygen atoms in total. The SMILES string of the molecule is O=C(CCSc1ccccc1F)N1CCCCC1. The van der Waals surface area contributed by atoms with Gasteiger partial charge >= 0.3 is 0 Å². The summed E-state index contributed by atoms with van der Waals surface area (Å²) in [6, 6.07) is 6.70. The predicted octanol–water partition coefficient (Wildman–Crippen LogP) is 3.32. The van der Waals surface area contributed by atoms with Crippen molar-refractivity contribution in [1.29, 1.82) is 0 Å². The number of carbonyl (C=O) groups is 1. The number of amides is 1. The van der Waals surface area contributed by atoms with Crippen molar-refractivity contribution in [1.82, 2.24) is 4.90 Å². The Hall–Kier alpha value is -1.03. The number of hydrogen-bond acceptors (Lipinski definition) is 2. The van der Waals surface area contributed by atoms with Crippen LogP contribution >= 0.6 is 11.8 Å². The molecule has 0 aromatic heterocycles. The Morgan fingerprint density at radius 2 is 1.94 bits per heavy atom. The molecule has 1 aromatic carbocycles. The van der Waals surface area contributed by atoms with Gasteiger partial charge in [-0.2, -0.15) is 0 Å². The highest BCUT2D eigenvalue weighted by Gasteiger charge is 2.16. The van der Waals surface area contributed by atoms with Gasteiger partial charge in [0.1, 0.15) is 5.82 Å². The van der Waals surface area contributed by atoms with Gasteiger partial charge < -0.3 is 4.90 Å². The molecule has 0 saturated carbocycles. The second-order valence-electron chi connectivity index (χ2n) is 4.47. The van der Waals surface area contributed by atoms with Crippen LogP contribution in [0.2, 0.25) is 0 Å². The molecule has 0 radical (unpaired) electrons. The summed E-state index contributed by atoms with van der Waals surface area (Å²) < 4.78 is 13.4. The summed E-state index contributed by atoms with van der Waals surface area (Å²) in [5.74, 6) is 0.655. The van der Waals surface area contributed by atoms with Crippen LogP contribution in [0.3, 0.4) is 0 Å². The van der Waals surface area contributed by atoms with E-state index < -0.39 is 0 Å². The summed E-state index contributed by atoms with van der Waals surface area (Å²) in [6.07, 6.45) is 3.96. The molecule has 0 N–H and O–H groups in total. The topological polar surface area (TPSA) is 20.3 Å². The van der Waals surface area contributed by atoms with E-state index >= 15 is 0 Å². The van der Waals surface area contributed by atoms with Gasteiger partial charge in [0.15, 0.2) is 0 Å². The Balaban J connectivity index is 1.75. The largest absolute Gasteiger partial charge is 0.343 e. The van der Waals surface area contributed by atoms with Gasteiger partial charge in [-0.15, -0.1) is 11.8 Å². The Morgan fingerprint density at radius 3 is 2.67 bits per heavy atom. The zero-order valence-corrected chi connectivity index (χ0v) is 11.2. The predicted molar refractivity (Wildman–Crippen MR) is 72.2 cm³/mol. The van der Waals surface area contributed by atoms with Gasteiger partial charge in [-0.05, 0) is 31.4 Å². The van der Waals surface area contributed by atoms with Crippen molar-refractivity contribution in [3.63, 3.8) is 0 Å². The highest BCUT2D eigenvalue weighted by Crippen LogP contribution is 2.22. The molecule has 4 heteroatoms. The molecule has 1 aliphatic rings. The average molecular weight is 267 g/mol. The number of benzene rings is 1. The smallest absolute Gasteiger partial charge is 0.223 e. The van der Waals surface area contributed by atoms with Gasteiger partial charge in [-0.1, -0.05) is 12.1 Å². The third kappa shape index (κ3) is 3.73. The summed E-state index contributed by atoms with van der Waals surface area (Å²) in [4.78, 5) is 14.5. The van der Waals surface area contributed by atoms with Crippen molar-refractivity contribution in [2.75, 3.05) is 18.8 Å². The van der Waals surface area contributed by atoms with Crippen LogP contribution in [0.5, 0.6) is 0 Å². The monoisotopic (exact) mass is 267 g/mol. The lowest BCUT2D eigenvalue weighted by Crippen LogP contribution is -2.35. The number of halogens is 1. The Labute approximate surface area is 112 Å². The van der Waals surface area contributed by atoms with Gasteiger partial charge in [-0.25, -0.2) is 4.39 Å². The van der Waals surface area contributed by atoms with Crippen molar-refractivity contribution >= 4 is 17.7 Å². The van der Waals surface area contributed by atoms with Crippen molar-refractivity contribution in [3.8, 4) is 0 Å². The summed E-state index contributed by atoms with van der Waals surface area (Å²) in [5.41, 5.74) is 0. The fraction of sp³-hybridized carbons (Fsp3) is 0.500. The maximum Gasteiger partial charge on any atom is 0.223 e. The molecule has 1 saturated heterocycles. The van der Waals surface area contributed by atoms with Crippen molar-refractivity contribution in [2.45, 2.75) is 30.6 Å². The molecule has 98 valence electrons. The molecule has 1 heterocycles. The first-order valence-corrected chi connectivity index (χ1v) is 7.41. The van der Waals surface area contributed by atoms with Crippen LogP contribution in [0.1, 0.15) is 25.7 Å². The molecule has 1 fully saturated rings. The lowest BCUT2D eigenvalue weighted by atomic mass is 10.1. The number of hydrogen-bond donors (Lipinski definition) is 0. The lowest BCUT2D eigenvalue weighted by Gasteiger charge is -2.26.